The van der Waals surface area contributed by atoms with Crippen LogP contribution in [-0.2, 0) is 42.6 Å². The quantitative estimate of drug-likeness (QED) is 0.0992. The van der Waals surface area contributed by atoms with E-state index in [2.05, 4.69) is 10.3 Å². The van der Waals surface area contributed by atoms with Gasteiger partial charge in [0.1, 0.15) is 19.0 Å². The first kappa shape index (κ1) is 34.9. The topological polar surface area (TPSA) is 157 Å². The molecule has 3 aliphatic rings. The molecule has 3 aromatic rings. The summed E-state index contributed by atoms with van der Waals surface area (Å²) in [5, 5.41) is 14.0. The Hall–Kier alpha value is -3.95. The fourth-order valence-electron chi connectivity index (χ4n) is 6.31. The van der Waals surface area contributed by atoms with Crippen molar-refractivity contribution >= 4 is 62.1 Å². The zero-order chi connectivity index (χ0) is 35.4. The maximum atomic E-state index is 15.2. The number of benzene rings is 1. The number of nitrogens with zero attached hydrogens (tertiary/aromatic N) is 3. The van der Waals surface area contributed by atoms with Crippen LogP contribution in [0, 0.1) is 17.7 Å². The Labute approximate surface area is 289 Å². The summed E-state index contributed by atoms with van der Waals surface area (Å²) >= 11 is 0. The minimum atomic E-state index is -1.95. The molecule has 0 bridgehead atoms. The van der Waals surface area contributed by atoms with Gasteiger partial charge >= 0.3 is 12.1 Å². The number of anilines is 1. The first-order valence-electron chi connectivity index (χ1n) is 16.0. The van der Waals surface area contributed by atoms with Gasteiger partial charge in [0.2, 0.25) is 11.8 Å². The van der Waals surface area contributed by atoms with Crippen molar-refractivity contribution in [3.8, 4) is 11.4 Å². The van der Waals surface area contributed by atoms with E-state index >= 15 is 4.39 Å². The Kier molecular flexibility index (Phi) is 9.30. The van der Waals surface area contributed by atoms with Crippen LogP contribution in [0.5, 0.6) is 0 Å². The summed E-state index contributed by atoms with van der Waals surface area (Å²) in [6.07, 6.45) is -0.576. The Morgan fingerprint density at radius 3 is 2.67 bits per heavy atom. The lowest BCUT2D eigenvalue weighted by Crippen LogP contribution is -2.44. The Morgan fingerprint density at radius 1 is 1.22 bits per heavy atom. The average Bonchev–Trinajstić information content (AvgIpc) is 3.55. The van der Waals surface area contributed by atoms with Crippen LogP contribution < -0.4 is 10.9 Å². The summed E-state index contributed by atoms with van der Waals surface area (Å²) in [4.78, 5) is 69.3. The first-order valence-corrected chi connectivity index (χ1v) is 18.3. The number of carbonyl (C=O) groups is 4. The Balaban J connectivity index is 1.09. The van der Waals surface area contributed by atoms with Crippen molar-refractivity contribution in [3.63, 3.8) is 0 Å². The van der Waals surface area contributed by atoms with Gasteiger partial charge in [-0.3, -0.25) is 24.6 Å². The molecule has 1 fully saturated rings. The van der Waals surface area contributed by atoms with Crippen LogP contribution in [0.15, 0.2) is 29.1 Å². The molecule has 260 valence electrons. The monoisotopic (exact) mass is 712 g/mol. The molecule has 1 unspecified atom stereocenters. The van der Waals surface area contributed by atoms with E-state index in [0.717, 1.165) is 0 Å². The molecule has 0 aliphatic carbocycles. The number of pyridine rings is 2. The van der Waals surface area contributed by atoms with Gasteiger partial charge in [0.05, 0.1) is 39.4 Å². The van der Waals surface area contributed by atoms with E-state index in [-0.39, 0.29) is 78.6 Å². The number of hydrogen-bond acceptors (Lipinski definition) is 11. The van der Waals surface area contributed by atoms with Crippen LogP contribution in [-0.4, -0.2) is 67.1 Å². The number of amides is 3. The average molecular weight is 713 g/mol. The molecule has 2 N–H and O–H groups in total. The van der Waals surface area contributed by atoms with Gasteiger partial charge < -0.3 is 19.1 Å². The predicted octanol–water partition coefficient (Wildman–Crippen LogP) is 4.96. The second kappa shape index (κ2) is 13.1. The number of carbonyl (C=O) groups excluding carboxylic acids is 4. The number of cyclic esters (lactones) is 1. The van der Waals surface area contributed by atoms with E-state index in [9.17, 15) is 29.1 Å². The fourth-order valence-corrected chi connectivity index (χ4v) is 8.65. The molecule has 0 radical (unpaired) electrons. The van der Waals surface area contributed by atoms with Crippen molar-refractivity contribution in [1.82, 2.24) is 14.5 Å². The van der Waals surface area contributed by atoms with E-state index in [1.807, 2.05) is 27.7 Å². The number of halogens is 1. The van der Waals surface area contributed by atoms with Gasteiger partial charge in [0.25, 0.3) is 5.56 Å². The molecule has 49 heavy (non-hydrogen) atoms. The molecule has 0 spiro atoms. The lowest BCUT2D eigenvalue weighted by molar-refractivity contribution is -0.172. The van der Waals surface area contributed by atoms with Gasteiger partial charge in [0, 0.05) is 47.2 Å². The van der Waals surface area contributed by atoms with Gasteiger partial charge in [-0.1, -0.05) is 42.4 Å². The van der Waals surface area contributed by atoms with Crippen LogP contribution in [0.2, 0.25) is 0 Å². The van der Waals surface area contributed by atoms with Crippen molar-refractivity contribution in [3.05, 3.63) is 57.1 Å². The molecule has 2 aromatic heterocycles. The molecule has 6 rings (SSSR count). The van der Waals surface area contributed by atoms with Crippen molar-refractivity contribution < 1.29 is 38.1 Å². The number of aliphatic hydroxyl groups is 1. The summed E-state index contributed by atoms with van der Waals surface area (Å²) in [5.74, 6) is -1.45. The normalized spacial score (nSPS) is 20.0. The van der Waals surface area contributed by atoms with Gasteiger partial charge in [0.15, 0.2) is 5.60 Å². The summed E-state index contributed by atoms with van der Waals surface area (Å²) in [6.45, 7) is 9.53. The van der Waals surface area contributed by atoms with Crippen molar-refractivity contribution in [1.29, 1.82) is 0 Å². The summed E-state index contributed by atoms with van der Waals surface area (Å²) in [7, 11) is 2.93. The van der Waals surface area contributed by atoms with Crippen LogP contribution in [0.25, 0.3) is 22.3 Å². The third-order valence-electron chi connectivity index (χ3n) is 9.15. The number of imide groups is 1. The summed E-state index contributed by atoms with van der Waals surface area (Å²) in [5.41, 5.74) is -0.270. The highest BCUT2D eigenvalue weighted by Crippen LogP contribution is 2.40. The van der Waals surface area contributed by atoms with Gasteiger partial charge in [-0.25, -0.2) is 19.0 Å². The number of fused-ring (bicyclic) bond motifs is 5. The highest BCUT2D eigenvalue weighted by atomic mass is 33.1. The first-order chi connectivity index (χ1) is 23.1. The van der Waals surface area contributed by atoms with Gasteiger partial charge in [-0.05, 0) is 44.4 Å². The fraction of sp³-hybridized carbons (Fsp3) is 0.471. The zero-order valence-electron chi connectivity index (χ0n) is 27.8. The van der Waals surface area contributed by atoms with Gasteiger partial charge in [-0.15, -0.1) is 0 Å². The maximum absolute atomic E-state index is 15.2. The van der Waals surface area contributed by atoms with E-state index in [1.54, 1.807) is 19.1 Å². The molecule has 5 heterocycles. The molecule has 0 saturated carbocycles. The van der Waals surface area contributed by atoms with Crippen LogP contribution >= 0.6 is 21.6 Å². The number of aromatic nitrogens is 2. The minimum Gasteiger partial charge on any atom is -0.458 e. The Morgan fingerprint density at radius 2 is 1.98 bits per heavy atom. The number of nitrogens with one attached hydrogen (secondary N) is 1. The molecule has 3 amide bonds. The van der Waals surface area contributed by atoms with Crippen molar-refractivity contribution in [2.45, 2.75) is 71.0 Å². The molecule has 3 aliphatic heterocycles. The maximum Gasteiger partial charge on any atom is 0.411 e. The predicted molar refractivity (Wildman–Crippen MR) is 183 cm³/mol. The molecule has 1 aromatic carbocycles. The van der Waals surface area contributed by atoms with Crippen molar-refractivity contribution in [2.75, 3.05) is 24.2 Å². The number of ether oxygens (including phenoxy) is 2. The highest BCUT2D eigenvalue weighted by molar-refractivity contribution is 8.77. The molecule has 1 saturated heterocycles. The third-order valence-corrected chi connectivity index (χ3v) is 12.4. The Bertz CT molecular complexity index is 1960. The largest absolute Gasteiger partial charge is 0.458 e. The van der Waals surface area contributed by atoms with Crippen LogP contribution in [0.3, 0.4) is 0 Å². The van der Waals surface area contributed by atoms with Crippen LogP contribution in [0.1, 0.15) is 64.2 Å². The summed E-state index contributed by atoms with van der Waals surface area (Å²) < 4.78 is 26.7. The van der Waals surface area contributed by atoms with E-state index < -0.39 is 33.8 Å². The standard InChI is InChI=1S/C34H37FN4O8S2/c1-6-34(45)22-12-26-28-19(14-39(26)30(42)21(22)15-46-31(34)43)9-18-10-25(23(35)13-24(18)36-28)37-32(44)47-16-33(4,5)49-48-8-7-38-27(40)11-20(17(2)3)29(38)41/h9-10,12-13,17,20,45H,6-8,11,14-16H2,1-5H3,(H,37,44)/t20?,34-/m0/s1. The van der Waals surface area contributed by atoms with E-state index in [0.29, 0.717) is 34.6 Å². The molecule has 12 nitrogen and oxygen atoms in total. The van der Waals surface area contributed by atoms with Crippen molar-refractivity contribution in [2.24, 2.45) is 11.8 Å². The number of rotatable bonds is 10. The number of likely N-dealkylation sites (tertiary alicyclic amines) is 1. The smallest absolute Gasteiger partial charge is 0.411 e. The number of esters is 1. The SMILES string of the molecule is CC[C@@]1(O)C(=O)OCc2c1cc1n(c2=O)Cc2cc3cc(NC(=O)OCC(C)(C)SSCCN4C(=O)CC(C(C)C)C4=O)c(F)cc3nc2-1. The zero-order valence-corrected chi connectivity index (χ0v) is 29.4. The molecule has 2 atom stereocenters. The lowest BCUT2D eigenvalue weighted by Gasteiger charge is -2.31. The summed E-state index contributed by atoms with van der Waals surface area (Å²) in [6, 6.07) is 5.97. The van der Waals surface area contributed by atoms with Gasteiger partial charge in [-0.2, -0.15) is 0 Å². The highest BCUT2D eigenvalue weighted by Gasteiger charge is 2.45. The second-order valence-electron chi connectivity index (χ2n) is 13.4. The molecular weight excluding hydrogens is 676 g/mol. The second-order valence-corrected chi connectivity index (χ2v) is 16.6. The van der Waals surface area contributed by atoms with E-state index in [1.165, 1.54) is 43.2 Å². The van der Waals surface area contributed by atoms with E-state index in [4.69, 9.17) is 9.47 Å². The lowest BCUT2D eigenvalue weighted by atomic mass is 9.86. The molecular formula is C34H37FN4O8S2. The third kappa shape index (κ3) is 6.43. The minimum absolute atomic E-state index is 0.0124. The van der Waals surface area contributed by atoms with Crippen LogP contribution in [0.4, 0.5) is 14.9 Å². The molecule has 15 heteroatoms. The number of hydrogen-bond donors (Lipinski definition) is 2.